The van der Waals surface area contributed by atoms with E-state index in [4.69, 9.17) is 4.98 Å². The van der Waals surface area contributed by atoms with Gasteiger partial charge in [-0.2, -0.15) is 0 Å². The number of piperazine rings is 1. The van der Waals surface area contributed by atoms with Crippen molar-refractivity contribution in [1.82, 2.24) is 9.88 Å². The lowest BCUT2D eigenvalue weighted by Gasteiger charge is -2.36. The maximum absolute atomic E-state index is 13.0. The zero-order valence-corrected chi connectivity index (χ0v) is 14.3. The molecule has 0 amide bonds. The highest BCUT2D eigenvalue weighted by atomic mass is 32.1. The van der Waals surface area contributed by atoms with E-state index in [1.807, 2.05) is 18.2 Å². The zero-order valence-electron chi connectivity index (χ0n) is 13.5. The van der Waals surface area contributed by atoms with Crippen LogP contribution in [0.25, 0.3) is 10.2 Å². The van der Waals surface area contributed by atoms with Crippen molar-refractivity contribution in [2.45, 2.75) is 6.42 Å². The van der Waals surface area contributed by atoms with Crippen LogP contribution in [0.3, 0.4) is 0 Å². The van der Waals surface area contributed by atoms with Crippen molar-refractivity contribution >= 4 is 27.2 Å². The fourth-order valence-corrected chi connectivity index (χ4v) is 4.12. The summed E-state index contributed by atoms with van der Waals surface area (Å²) in [5.74, 6) is -0.173. The van der Waals surface area contributed by atoms with Crippen molar-refractivity contribution in [3.8, 4) is 0 Å². The van der Waals surface area contributed by atoms with Crippen LogP contribution in [-0.4, -0.2) is 42.6 Å². The third kappa shape index (κ3) is 3.42. The van der Waals surface area contributed by atoms with E-state index < -0.39 is 0 Å². The summed E-state index contributed by atoms with van der Waals surface area (Å²) in [7, 11) is 0. The van der Waals surface area contributed by atoms with Crippen LogP contribution in [0.5, 0.6) is 0 Å². The molecule has 1 aliphatic heterocycles. The molecule has 3 nitrogen and oxygen atoms in total. The minimum absolute atomic E-state index is 0.173. The predicted octanol–water partition coefficient (Wildman–Crippen LogP) is 3.80. The maximum Gasteiger partial charge on any atom is 0.123 e. The quantitative estimate of drug-likeness (QED) is 0.719. The molecule has 4 rings (SSSR count). The highest BCUT2D eigenvalue weighted by molar-refractivity contribution is 7.18. The van der Waals surface area contributed by atoms with E-state index in [1.54, 1.807) is 11.3 Å². The topological polar surface area (TPSA) is 19.4 Å². The molecule has 0 spiro atoms. The molecule has 0 bridgehead atoms. The number of hydrogen-bond acceptors (Lipinski definition) is 4. The highest BCUT2D eigenvalue weighted by Crippen LogP contribution is 2.22. The predicted molar refractivity (Wildman–Crippen MR) is 98.4 cm³/mol. The first kappa shape index (κ1) is 15.5. The van der Waals surface area contributed by atoms with Gasteiger partial charge in [-0.15, -0.1) is 11.3 Å². The molecule has 0 saturated carbocycles. The van der Waals surface area contributed by atoms with Crippen LogP contribution >= 0.6 is 11.3 Å². The van der Waals surface area contributed by atoms with Gasteiger partial charge in [-0.05, 0) is 36.4 Å². The number of benzene rings is 2. The largest absolute Gasteiger partial charge is 0.369 e. The molecule has 1 aliphatic rings. The molecule has 124 valence electrons. The van der Waals surface area contributed by atoms with Gasteiger partial charge in [0.2, 0.25) is 0 Å². The summed E-state index contributed by atoms with van der Waals surface area (Å²) in [5, 5.41) is 1.22. The number of hydrogen-bond donors (Lipinski definition) is 0. The first-order chi connectivity index (χ1) is 11.8. The van der Waals surface area contributed by atoms with Gasteiger partial charge < -0.3 is 4.90 Å². The molecular weight excluding hydrogens is 321 g/mol. The molecule has 0 aliphatic carbocycles. The van der Waals surface area contributed by atoms with Gasteiger partial charge in [-0.25, -0.2) is 9.37 Å². The van der Waals surface area contributed by atoms with E-state index >= 15 is 0 Å². The Hall–Kier alpha value is -1.98. The Bertz CT molecular complexity index is 774. The number of rotatable bonds is 4. The van der Waals surface area contributed by atoms with E-state index in [9.17, 15) is 4.39 Å². The summed E-state index contributed by atoms with van der Waals surface area (Å²) in [6.45, 7) is 5.12. The van der Waals surface area contributed by atoms with Crippen molar-refractivity contribution in [2.75, 3.05) is 37.6 Å². The first-order valence-electron chi connectivity index (χ1n) is 8.35. The molecule has 2 aromatic carbocycles. The van der Waals surface area contributed by atoms with Gasteiger partial charge in [0, 0.05) is 44.8 Å². The fraction of sp³-hybridized carbons (Fsp3) is 0.316. The lowest BCUT2D eigenvalue weighted by molar-refractivity contribution is 0.261. The molecule has 0 atom stereocenters. The molecule has 1 fully saturated rings. The van der Waals surface area contributed by atoms with Crippen molar-refractivity contribution in [3.63, 3.8) is 0 Å². The van der Waals surface area contributed by atoms with Crippen LogP contribution in [0.4, 0.5) is 10.1 Å². The Morgan fingerprint density at radius 1 is 0.958 bits per heavy atom. The molecular formula is C19H20FN3S. The van der Waals surface area contributed by atoms with Gasteiger partial charge in [-0.1, -0.05) is 12.1 Å². The van der Waals surface area contributed by atoms with Crippen LogP contribution in [0.2, 0.25) is 0 Å². The number of aromatic nitrogens is 1. The van der Waals surface area contributed by atoms with Crippen LogP contribution in [0, 0.1) is 5.82 Å². The second kappa shape index (κ2) is 6.87. The Kier molecular flexibility index (Phi) is 4.45. The number of halogens is 1. The third-order valence-corrected chi connectivity index (χ3v) is 5.64. The molecule has 1 saturated heterocycles. The normalized spacial score (nSPS) is 16.0. The van der Waals surface area contributed by atoms with Crippen molar-refractivity contribution < 1.29 is 4.39 Å². The van der Waals surface area contributed by atoms with Crippen molar-refractivity contribution in [3.05, 3.63) is 59.4 Å². The molecule has 3 aromatic rings. The second-order valence-electron chi connectivity index (χ2n) is 6.13. The van der Waals surface area contributed by atoms with E-state index in [0.29, 0.717) is 0 Å². The Balaban J connectivity index is 1.30. The molecule has 0 radical (unpaired) electrons. The molecule has 0 N–H and O–H groups in total. The van der Waals surface area contributed by atoms with Gasteiger partial charge in [0.15, 0.2) is 0 Å². The molecule has 2 heterocycles. The fourth-order valence-electron chi connectivity index (χ4n) is 3.16. The van der Waals surface area contributed by atoms with Crippen LogP contribution in [0.15, 0.2) is 48.5 Å². The Labute approximate surface area is 145 Å². The molecule has 1 aromatic heterocycles. The van der Waals surface area contributed by atoms with Gasteiger partial charge in [0.1, 0.15) is 5.82 Å². The van der Waals surface area contributed by atoms with E-state index in [-0.39, 0.29) is 5.82 Å². The smallest absolute Gasteiger partial charge is 0.123 e. The average Bonchev–Trinajstić information content (AvgIpc) is 3.04. The summed E-state index contributed by atoms with van der Waals surface area (Å²) in [6, 6.07) is 15.1. The third-order valence-electron chi connectivity index (χ3n) is 4.54. The summed E-state index contributed by atoms with van der Waals surface area (Å²) < 4.78 is 14.3. The number of fused-ring (bicyclic) bond motifs is 1. The van der Waals surface area contributed by atoms with Crippen LogP contribution in [-0.2, 0) is 6.42 Å². The van der Waals surface area contributed by atoms with Gasteiger partial charge >= 0.3 is 0 Å². The van der Waals surface area contributed by atoms with E-state index in [0.717, 1.165) is 50.3 Å². The number of thiazole rings is 1. The maximum atomic E-state index is 13.0. The molecule has 0 unspecified atom stereocenters. The number of para-hydroxylation sites is 1. The van der Waals surface area contributed by atoms with Gasteiger partial charge in [-0.3, -0.25) is 4.90 Å². The summed E-state index contributed by atoms with van der Waals surface area (Å²) in [6.07, 6.45) is 1.01. The van der Waals surface area contributed by atoms with Crippen molar-refractivity contribution in [1.29, 1.82) is 0 Å². The lowest BCUT2D eigenvalue weighted by Crippen LogP contribution is -2.47. The zero-order chi connectivity index (χ0) is 16.4. The first-order valence-corrected chi connectivity index (χ1v) is 9.17. The summed E-state index contributed by atoms with van der Waals surface area (Å²) >= 11 is 1.80. The SMILES string of the molecule is Fc1ccc(N2CCN(CCc3nc4ccccc4s3)CC2)cc1. The highest BCUT2D eigenvalue weighted by Gasteiger charge is 2.17. The monoisotopic (exact) mass is 341 g/mol. The van der Waals surface area contributed by atoms with Gasteiger partial charge in [0.25, 0.3) is 0 Å². The number of anilines is 1. The Morgan fingerprint density at radius 3 is 2.46 bits per heavy atom. The number of nitrogens with zero attached hydrogens (tertiary/aromatic N) is 3. The Morgan fingerprint density at radius 2 is 1.71 bits per heavy atom. The standard InChI is InChI=1S/C19H20FN3S/c20-15-5-7-16(8-6-15)23-13-11-22(12-14-23)10-9-19-21-17-3-1-2-4-18(17)24-19/h1-8H,9-14H2. The van der Waals surface area contributed by atoms with E-state index in [1.165, 1.54) is 21.8 Å². The van der Waals surface area contributed by atoms with Crippen LogP contribution in [0.1, 0.15) is 5.01 Å². The van der Waals surface area contributed by atoms with E-state index in [2.05, 4.69) is 28.0 Å². The second-order valence-corrected chi connectivity index (χ2v) is 7.25. The van der Waals surface area contributed by atoms with Crippen molar-refractivity contribution in [2.24, 2.45) is 0 Å². The summed E-state index contributed by atoms with van der Waals surface area (Å²) in [5.41, 5.74) is 2.22. The minimum atomic E-state index is -0.173. The lowest BCUT2D eigenvalue weighted by atomic mass is 10.2. The minimum Gasteiger partial charge on any atom is -0.369 e. The molecule has 24 heavy (non-hydrogen) atoms. The van der Waals surface area contributed by atoms with Crippen LogP contribution < -0.4 is 4.90 Å². The summed E-state index contributed by atoms with van der Waals surface area (Å²) in [4.78, 5) is 9.53. The van der Waals surface area contributed by atoms with Gasteiger partial charge in [0.05, 0.1) is 15.2 Å². The molecule has 5 heteroatoms. The average molecular weight is 341 g/mol.